The first kappa shape index (κ1) is 14.4. The molecule has 0 bridgehead atoms. The number of nitrogens with one attached hydrogen (secondary N) is 2. The van der Waals surface area contributed by atoms with E-state index in [-0.39, 0.29) is 0 Å². The molecule has 0 aliphatic rings. The van der Waals surface area contributed by atoms with Crippen molar-refractivity contribution in [2.75, 3.05) is 17.2 Å². The molecule has 1 aromatic heterocycles. The number of anilines is 3. The molecule has 0 saturated heterocycles. The van der Waals surface area contributed by atoms with Crippen molar-refractivity contribution in [3.05, 3.63) is 38.9 Å². The third-order valence-electron chi connectivity index (χ3n) is 2.28. The number of aromatic nitrogens is 2. The van der Waals surface area contributed by atoms with Gasteiger partial charge >= 0.3 is 0 Å². The van der Waals surface area contributed by atoms with Gasteiger partial charge < -0.3 is 10.6 Å². The van der Waals surface area contributed by atoms with Crippen molar-refractivity contribution in [1.29, 1.82) is 0 Å². The zero-order valence-corrected chi connectivity index (χ0v) is 13.1. The van der Waals surface area contributed by atoms with Crippen molar-refractivity contribution in [2.24, 2.45) is 0 Å². The van der Waals surface area contributed by atoms with Crippen LogP contribution in [0.1, 0.15) is 6.92 Å². The second-order valence-corrected chi connectivity index (χ2v) is 5.25. The smallest absolute Gasteiger partial charge is 0.224 e. The maximum Gasteiger partial charge on any atom is 0.224 e. The highest BCUT2D eigenvalue weighted by molar-refractivity contribution is 9.10. The summed E-state index contributed by atoms with van der Waals surface area (Å²) in [6, 6.07) is 5.51. The van der Waals surface area contributed by atoms with E-state index in [1.807, 2.05) is 19.1 Å². The number of benzene rings is 1. The van der Waals surface area contributed by atoms with Gasteiger partial charge in [-0.3, -0.25) is 0 Å². The molecule has 0 amide bonds. The van der Waals surface area contributed by atoms with Crippen LogP contribution in [0, 0.1) is 0 Å². The maximum atomic E-state index is 6.07. The summed E-state index contributed by atoms with van der Waals surface area (Å²) < 4.78 is 0.761. The van der Waals surface area contributed by atoms with E-state index in [2.05, 4.69) is 36.5 Å². The Morgan fingerprint density at radius 1 is 1.26 bits per heavy atom. The predicted octanol–water partition coefficient (Wildman–Crippen LogP) is 4.72. The molecular formula is C12H11BrCl2N4. The molecule has 7 heteroatoms. The van der Waals surface area contributed by atoms with Crippen LogP contribution < -0.4 is 10.6 Å². The fourth-order valence-electron chi connectivity index (χ4n) is 1.43. The van der Waals surface area contributed by atoms with Gasteiger partial charge in [-0.1, -0.05) is 29.3 Å². The van der Waals surface area contributed by atoms with Gasteiger partial charge in [0.15, 0.2) is 5.82 Å². The highest BCUT2D eigenvalue weighted by Gasteiger charge is 2.09. The molecule has 0 fully saturated rings. The van der Waals surface area contributed by atoms with Crippen molar-refractivity contribution in [1.82, 2.24) is 9.97 Å². The molecule has 0 saturated carbocycles. The van der Waals surface area contributed by atoms with Gasteiger partial charge in [0.25, 0.3) is 0 Å². The molecule has 0 aliphatic carbocycles. The van der Waals surface area contributed by atoms with Gasteiger partial charge in [0.05, 0.1) is 21.4 Å². The standard InChI is InChI=1S/C12H11BrCl2N4/c1-2-16-12-17-6-8(15)11(19-12)18-9-5-3-4-7(14)10(9)13/h3-6H,2H2,1H3,(H2,16,17,18,19). The number of hydrogen-bond acceptors (Lipinski definition) is 4. The minimum absolute atomic E-state index is 0.438. The quantitative estimate of drug-likeness (QED) is 0.827. The fourth-order valence-corrected chi connectivity index (χ4v) is 2.10. The second kappa shape index (κ2) is 6.41. The molecule has 1 aromatic carbocycles. The van der Waals surface area contributed by atoms with E-state index in [9.17, 15) is 0 Å². The van der Waals surface area contributed by atoms with Gasteiger partial charge in [-0.15, -0.1) is 0 Å². The summed E-state index contributed by atoms with van der Waals surface area (Å²) in [5.41, 5.74) is 0.788. The van der Waals surface area contributed by atoms with Crippen molar-refractivity contribution in [3.63, 3.8) is 0 Å². The van der Waals surface area contributed by atoms with Gasteiger partial charge in [-0.25, -0.2) is 4.98 Å². The first-order valence-electron chi connectivity index (χ1n) is 5.59. The summed E-state index contributed by atoms with van der Waals surface area (Å²) in [6.45, 7) is 2.71. The molecule has 0 spiro atoms. The molecule has 2 rings (SSSR count). The summed E-state index contributed by atoms with van der Waals surface area (Å²) >= 11 is 15.5. The van der Waals surface area contributed by atoms with E-state index in [1.165, 1.54) is 0 Å². The van der Waals surface area contributed by atoms with Crippen molar-refractivity contribution in [3.8, 4) is 0 Å². The van der Waals surface area contributed by atoms with Crippen molar-refractivity contribution in [2.45, 2.75) is 6.92 Å². The molecular weight excluding hydrogens is 351 g/mol. The average molecular weight is 362 g/mol. The Hall–Kier alpha value is -1.04. The van der Waals surface area contributed by atoms with Crippen molar-refractivity contribution >= 4 is 56.6 Å². The number of halogens is 3. The van der Waals surface area contributed by atoms with Crippen LogP contribution in [0.5, 0.6) is 0 Å². The Kier molecular flexibility index (Phi) is 4.85. The summed E-state index contributed by atoms with van der Waals surface area (Å²) in [7, 11) is 0. The van der Waals surface area contributed by atoms with Crippen LogP contribution in [-0.4, -0.2) is 16.5 Å². The lowest BCUT2D eigenvalue weighted by Crippen LogP contribution is -2.04. The number of nitrogens with zero attached hydrogens (tertiary/aromatic N) is 2. The maximum absolute atomic E-state index is 6.07. The summed E-state index contributed by atoms with van der Waals surface area (Å²) in [6.07, 6.45) is 1.55. The predicted molar refractivity (Wildman–Crippen MR) is 83.6 cm³/mol. The first-order valence-corrected chi connectivity index (χ1v) is 7.14. The minimum atomic E-state index is 0.438. The molecule has 1 heterocycles. The molecule has 0 atom stereocenters. The summed E-state index contributed by atoms with van der Waals surface area (Å²) in [5, 5.41) is 7.21. The van der Waals surface area contributed by atoms with Crippen LogP contribution in [-0.2, 0) is 0 Å². The van der Waals surface area contributed by atoms with Crippen LogP contribution in [0.15, 0.2) is 28.9 Å². The van der Waals surface area contributed by atoms with E-state index in [1.54, 1.807) is 12.3 Å². The van der Waals surface area contributed by atoms with Gasteiger partial charge in [0, 0.05) is 6.54 Å². The lowest BCUT2D eigenvalue weighted by molar-refractivity contribution is 1.09. The number of hydrogen-bond donors (Lipinski definition) is 2. The Morgan fingerprint density at radius 3 is 2.79 bits per heavy atom. The highest BCUT2D eigenvalue weighted by Crippen LogP contribution is 2.33. The average Bonchev–Trinajstić information content (AvgIpc) is 2.39. The molecule has 0 unspecified atom stereocenters. The Morgan fingerprint density at radius 2 is 2.05 bits per heavy atom. The van der Waals surface area contributed by atoms with Gasteiger partial charge in [-0.05, 0) is 35.0 Å². The summed E-state index contributed by atoms with van der Waals surface area (Å²) in [5.74, 6) is 1.04. The largest absolute Gasteiger partial charge is 0.354 e. The molecule has 0 radical (unpaired) electrons. The van der Waals surface area contributed by atoms with Gasteiger partial charge in [0.2, 0.25) is 5.95 Å². The Bertz CT molecular complexity index is 592. The molecule has 2 aromatic rings. The first-order chi connectivity index (χ1) is 9.11. The number of rotatable bonds is 4. The summed E-state index contributed by atoms with van der Waals surface area (Å²) in [4.78, 5) is 8.38. The fraction of sp³-hybridized carbons (Fsp3) is 0.167. The van der Waals surface area contributed by atoms with Crippen molar-refractivity contribution < 1.29 is 0 Å². The zero-order valence-electron chi connectivity index (χ0n) is 10.0. The van der Waals surface area contributed by atoms with Crippen LogP contribution in [0.2, 0.25) is 10.0 Å². The van der Waals surface area contributed by atoms with Crippen LogP contribution in [0.3, 0.4) is 0 Å². The normalized spacial score (nSPS) is 10.3. The van der Waals surface area contributed by atoms with E-state index in [0.29, 0.717) is 21.8 Å². The second-order valence-electron chi connectivity index (χ2n) is 3.65. The molecule has 19 heavy (non-hydrogen) atoms. The molecule has 2 N–H and O–H groups in total. The zero-order chi connectivity index (χ0) is 13.8. The third kappa shape index (κ3) is 3.49. The molecule has 4 nitrogen and oxygen atoms in total. The Labute approximate surface area is 129 Å². The highest BCUT2D eigenvalue weighted by atomic mass is 79.9. The lowest BCUT2D eigenvalue weighted by atomic mass is 10.3. The Balaban J connectivity index is 2.32. The molecule has 100 valence electrons. The third-order valence-corrected chi connectivity index (χ3v) is 3.96. The minimum Gasteiger partial charge on any atom is -0.354 e. The van der Waals surface area contributed by atoms with Crippen LogP contribution >= 0.6 is 39.1 Å². The molecule has 0 aliphatic heterocycles. The van der Waals surface area contributed by atoms with E-state index in [4.69, 9.17) is 23.2 Å². The van der Waals surface area contributed by atoms with E-state index < -0.39 is 0 Å². The SMILES string of the molecule is CCNc1ncc(Cl)c(Nc2cccc(Cl)c2Br)n1. The van der Waals surface area contributed by atoms with E-state index >= 15 is 0 Å². The van der Waals surface area contributed by atoms with Gasteiger partial charge in [-0.2, -0.15) is 4.98 Å². The van der Waals surface area contributed by atoms with Crippen LogP contribution in [0.4, 0.5) is 17.5 Å². The van der Waals surface area contributed by atoms with Crippen LogP contribution in [0.25, 0.3) is 0 Å². The van der Waals surface area contributed by atoms with Gasteiger partial charge in [0.1, 0.15) is 5.02 Å². The monoisotopic (exact) mass is 360 g/mol. The topological polar surface area (TPSA) is 49.8 Å². The van der Waals surface area contributed by atoms with E-state index in [0.717, 1.165) is 16.7 Å². The lowest BCUT2D eigenvalue weighted by Gasteiger charge is -2.11.